The molecule has 7 heteroatoms. The van der Waals surface area contributed by atoms with Crippen LogP contribution in [0.1, 0.15) is 10.9 Å². The smallest absolute Gasteiger partial charge is 0.248 e. The number of pyridine rings is 1. The lowest BCUT2D eigenvalue weighted by Crippen LogP contribution is -2.18. The first kappa shape index (κ1) is 19.8. The van der Waals surface area contributed by atoms with E-state index >= 15 is 0 Å². The molecule has 0 fully saturated rings. The van der Waals surface area contributed by atoms with Gasteiger partial charge in [0.15, 0.2) is 5.82 Å². The van der Waals surface area contributed by atoms with Gasteiger partial charge >= 0.3 is 0 Å². The molecule has 0 spiro atoms. The molecule has 1 amide bonds. The second-order valence-electron chi connectivity index (χ2n) is 6.70. The minimum Gasteiger partial charge on any atom is -0.307 e. The Morgan fingerprint density at radius 1 is 1.00 bits per heavy atom. The number of carbonyl (C=O) groups is 1. The van der Waals surface area contributed by atoms with Gasteiger partial charge in [-0.15, -0.1) is 11.6 Å². The SMILES string of the molecule is Cn1nc(NC(=O)C(Cl)c2ccccc2)c(-c2ccncc2)c1-c1ccc(F)cc1. The molecular weight excluding hydrogens is 403 g/mol. The van der Waals surface area contributed by atoms with E-state index in [1.54, 1.807) is 48.4 Å². The monoisotopic (exact) mass is 420 g/mol. The number of carbonyl (C=O) groups excluding carboxylic acids is 1. The van der Waals surface area contributed by atoms with E-state index in [1.165, 1.54) is 12.1 Å². The van der Waals surface area contributed by atoms with Gasteiger partial charge in [-0.2, -0.15) is 5.10 Å². The Morgan fingerprint density at radius 3 is 2.33 bits per heavy atom. The minimum absolute atomic E-state index is 0.326. The van der Waals surface area contributed by atoms with Crippen molar-refractivity contribution in [1.29, 1.82) is 0 Å². The van der Waals surface area contributed by atoms with E-state index < -0.39 is 5.38 Å². The maximum atomic E-state index is 13.5. The second-order valence-corrected chi connectivity index (χ2v) is 7.14. The molecule has 150 valence electrons. The van der Waals surface area contributed by atoms with Gasteiger partial charge < -0.3 is 5.32 Å². The summed E-state index contributed by atoms with van der Waals surface area (Å²) in [5, 5.41) is 6.50. The predicted octanol–water partition coefficient (Wildman–Crippen LogP) is 5.21. The zero-order chi connectivity index (χ0) is 21.1. The van der Waals surface area contributed by atoms with Crippen molar-refractivity contribution in [3.05, 3.63) is 90.5 Å². The van der Waals surface area contributed by atoms with Gasteiger partial charge in [-0.25, -0.2) is 4.39 Å². The highest BCUT2D eigenvalue weighted by Crippen LogP contribution is 2.38. The highest BCUT2D eigenvalue weighted by Gasteiger charge is 2.24. The zero-order valence-electron chi connectivity index (χ0n) is 16.1. The van der Waals surface area contributed by atoms with Crippen LogP contribution >= 0.6 is 11.6 Å². The molecular formula is C23H18ClFN4O. The molecule has 1 N–H and O–H groups in total. The van der Waals surface area contributed by atoms with Crippen LogP contribution in [-0.2, 0) is 11.8 Å². The first-order valence-electron chi connectivity index (χ1n) is 9.28. The van der Waals surface area contributed by atoms with Crippen molar-refractivity contribution in [1.82, 2.24) is 14.8 Å². The average Bonchev–Trinajstić information content (AvgIpc) is 3.10. The number of alkyl halides is 1. The number of amides is 1. The van der Waals surface area contributed by atoms with Gasteiger partial charge in [0.25, 0.3) is 0 Å². The molecule has 2 aromatic heterocycles. The molecule has 30 heavy (non-hydrogen) atoms. The predicted molar refractivity (Wildman–Crippen MR) is 115 cm³/mol. The Kier molecular flexibility index (Phi) is 5.59. The van der Waals surface area contributed by atoms with E-state index in [0.717, 1.165) is 16.8 Å². The van der Waals surface area contributed by atoms with Crippen LogP contribution in [0.15, 0.2) is 79.1 Å². The van der Waals surface area contributed by atoms with Crippen molar-refractivity contribution >= 4 is 23.3 Å². The van der Waals surface area contributed by atoms with E-state index in [-0.39, 0.29) is 11.7 Å². The summed E-state index contributed by atoms with van der Waals surface area (Å²) in [6.45, 7) is 0. The Morgan fingerprint density at radius 2 is 1.67 bits per heavy atom. The molecule has 4 aromatic rings. The van der Waals surface area contributed by atoms with E-state index in [0.29, 0.717) is 16.9 Å². The van der Waals surface area contributed by atoms with Gasteiger partial charge in [0.05, 0.1) is 11.3 Å². The minimum atomic E-state index is -0.868. The molecule has 2 aromatic carbocycles. The standard InChI is InChI=1S/C23H18ClFN4O/c1-29-21(17-7-9-18(25)10-8-17)19(15-11-13-26-14-12-15)22(28-29)27-23(30)20(24)16-5-3-2-4-6-16/h2-14,20H,1H3,(H,27,28,30). The third kappa shape index (κ3) is 3.95. The highest BCUT2D eigenvalue weighted by molar-refractivity contribution is 6.32. The van der Waals surface area contributed by atoms with Gasteiger partial charge in [0.1, 0.15) is 11.2 Å². The second kappa shape index (κ2) is 8.47. The van der Waals surface area contributed by atoms with E-state index in [9.17, 15) is 9.18 Å². The van der Waals surface area contributed by atoms with E-state index in [2.05, 4.69) is 15.4 Å². The topological polar surface area (TPSA) is 59.8 Å². The number of aromatic nitrogens is 3. The highest BCUT2D eigenvalue weighted by atomic mass is 35.5. The number of anilines is 1. The van der Waals surface area contributed by atoms with Gasteiger partial charge in [0, 0.05) is 25.0 Å². The molecule has 4 rings (SSSR count). The number of nitrogens with zero attached hydrogens (tertiary/aromatic N) is 3. The maximum absolute atomic E-state index is 13.5. The largest absolute Gasteiger partial charge is 0.307 e. The number of hydrogen-bond acceptors (Lipinski definition) is 3. The normalized spacial score (nSPS) is 11.8. The average molecular weight is 421 g/mol. The summed E-state index contributed by atoms with van der Waals surface area (Å²) in [7, 11) is 1.77. The van der Waals surface area contributed by atoms with Crippen LogP contribution < -0.4 is 5.32 Å². The first-order valence-corrected chi connectivity index (χ1v) is 9.71. The Bertz CT molecular complexity index is 1160. The molecule has 0 radical (unpaired) electrons. The summed E-state index contributed by atoms with van der Waals surface area (Å²) >= 11 is 6.39. The third-order valence-electron chi connectivity index (χ3n) is 4.70. The van der Waals surface area contributed by atoms with Gasteiger partial charge in [-0.1, -0.05) is 30.3 Å². The van der Waals surface area contributed by atoms with E-state index in [4.69, 9.17) is 11.6 Å². The van der Waals surface area contributed by atoms with Gasteiger partial charge in [-0.3, -0.25) is 14.5 Å². The third-order valence-corrected chi connectivity index (χ3v) is 5.15. The van der Waals surface area contributed by atoms with Crippen LogP contribution in [-0.4, -0.2) is 20.7 Å². The number of benzene rings is 2. The number of rotatable bonds is 5. The van der Waals surface area contributed by atoms with Crippen LogP contribution in [0.2, 0.25) is 0 Å². The van der Waals surface area contributed by atoms with E-state index in [1.807, 2.05) is 30.3 Å². The fraction of sp³-hybridized carbons (Fsp3) is 0.0870. The Labute approximate surface area is 178 Å². The fourth-order valence-corrected chi connectivity index (χ4v) is 3.50. The quantitative estimate of drug-likeness (QED) is 0.451. The van der Waals surface area contributed by atoms with Crippen LogP contribution in [0.5, 0.6) is 0 Å². The molecule has 0 aliphatic heterocycles. The summed E-state index contributed by atoms with van der Waals surface area (Å²) in [6, 6.07) is 18.9. The summed E-state index contributed by atoms with van der Waals surface area (Å²) in [4.78, 5) is 16.9. The van der Waals surface area contributed by atoms with Gasteiger partial charge in [0.2, 0.25) is 5.91 Å². The van der Waals surface area contributed by atoms with Crippen molar-refractivity contribution in [3.63, 3.8) is 0 Å². The van der Waals surface area contributed by atoms with Crippen LogP contribution in [0.3, 0.4) is 0 Å². The van der Waals surface area contributed by atoms with Gasteiger partial charge in [-0.05, 0) is 47.5 Å². The van der Waals surface area contributed by atoms with Crippen molar-refractivity contribution < 1.29 is 9.18 Å². The Hall–Kier alpha value is -3.51. The van der Waals surface area contributed by atoms with Crippen molar-refractivity contribution in [3.8, 4) is 22.4 Å². The molecule has 1 atom stereocenters. The molecule has 0 aliphatic carbocycles. The summed E-state index contributed by atoms with van der Waals surface area (Å²) in [5.41, 5.74) is 3.72. The zero-order valence-corrected chi connectivity index (χ0v) is 16.8. The number of aryl methyl sites for hydroxylation is 1. The molecule has 0 saturated carbocycles. The summed E-state index contributed by atoms with van der Waals surface area (Å²) < 4.78 is 15.1. The molecule has 1 unspecified atom stereocenters. The van der Waals surface area contributed by atoms with Crippen molar-refractivity contribution in [2.24, 2.45) is 7.05 Å². The number of halogens is 2. The van der Waals surface area contributed by atoms with Crippen molar-refractivity contribution in [2.75, 3.05) is 5.32 Å². The summed E-state index contributed by atoms with van der Waals surface area (Å²) in [5.74, 6) is -0.343. The Balaban J connectivity index is 1.77. The summed E-state index contributed by atoms with van der Waals surface area (Å²) in [6.07, 6.45) is 3.33. The molecule has 0 aliphatic rings. The first-order chi connectivity index (χ1) is 14.5. The lowest BCUT2D eigenvalue weighted by Gasteiger charge is -2.11. The molecule has 0 saturated heterocycles. The lowest BCUT2D eigenvalue weighted by molar-refractivity contribution is -0.116. The van der Waals surface area contributed by atoms with Crippen molar-refractivity contribution in [2.45, 2.75) is 5.38 Å². The van der Waals surface area contributed by atoms with Crippen LogP contribution in [0.25, 0.3) is 22.4 Å². The number of hydrogen-bond donors (Lipinski definition) is 1. The van der Waals surface area contributed by atoms with Crippen LogP contribution in [0.4, 0.5) is 10.2 Å². The molecule has 5 nitrogen and oxygen atoms in total. The van der Waals surface area contributed by atoms with Crippen LogP contribution in [0, 0.1) is 5.82 Å². The molecule has 0 bridgehead atoms. The lowest BCUT2D eigenvalue weighted by atomic mass is 10.0. The fourth-order valence-electron chi connectivity index (χ4n) is 3.30. The maximum Gasteiger partial charge on any atom is 0.248 e. The molecule has 2 heterocycles. The number of nitrogens with one attached hydrogen (secondary N) is 1.